The van der Waals surface area contributed by atoms with Gasteiger partial charge in [0.1, 0.15) is 11.6 Å². The van der Waals surface area contributed by atoms with E-state index in [1.807, 2.05) is 18.2 Å². The number of hydrogen-bond acceptors (Lipinski definition) is 5. The molecule has 0 saturated heterocycles. The summed E-state index contributed by atoms with van der Waals surface area (Å²) in [7, 11) is 0. The molecule has 6 nitrogen and oxygen atoms in total. The fourth-order valence-corrected chi connectivity index (χ4v) is 3.32. The highest BCUT2D eigenvalue weighted by Gasteiger charge is 2.15. The van der Waals surface area contributed by atoms with Crippen LogP contribution >= 0.6 is 0 Å². The van der Waals surface area contributed by atoms with Gasteiger partial charge in [0.05, 0.1) is 12.1 Å². The summed E-state index contributed by atoms with van der Waals surface area (Å²) in [6.07, 6.45) is 5.55. The summed E-state index contributed by atoms with van der Waals surface area (Å²) in [6, 6.07) is 12.3. The number of nitrogens with zero attached hydrogens (tertiary/aromatic N) is 2. The summed E-state index contributed by atoms with van der Waals surface area (Å²) in [5.74, 6) is 0.473. The van der Waals surface area contributed by atoms with E-state index in [1.54, 1.807) is 42.6 Å². The zero-order chi connectivity index (χ0) is 20.4. The van der Waals surface area contributed by atoms with Gasteiger partial charge >= 0.3 is 0 Å². The Bertz CT molecular complexity index is 1220. The number of aliphatic imine (C=N–C) groups is 2. The molecular weight excluding hydrogens is 366 g/mol. The zero-order valence-corrected chi connectivity index (χ0v) is 15.8. The smallest absolute Gasteiger partial charge is 0.198 e. The van der Waals surface area contributed by atoms with Crippen molar-refractivity contribution in [1.82, 2.24) is 4.98 Å². The van der Waals surface area contributed by atoms with Gasteiger partial charge in [-0.2, -0.15) is 0 Å². The third-order valence-corrected chi connectivity index (χ3v) is 4.67. The molecule has 0 saturated carbocycles. The van der Waals surface area contributed by atoms with E-state index in [4.69, 9.17) is 0 Å². The van der Waals surface area contributed by atoms with Crippen LogP contribution in [0.1, 0.15) is 34.0 Å². The molecule has 2 N–H and O–H groups in total. The van der Waals surface area contributed by atoms with Crippen molar-refractivity contribution in [3.63, 3.8) is 0 Å². The predicted molar refractivity (Wildman–Crippen MR) is 113 cm³/mol. The molecule has 3 aromatic rings. The Kier molecular flexibility index (Phi) is 4.91. The van der Waals surface area contributed by atoms with Crippen molar-refractivity contribution in [1.29, 1.82) is 0 Å². The Balaban J connectivity index is 1.69. The number of Topliss-reactive ketones (excluding diaryl/α,β-unsaturated/α-hetero) is 1. The average molecular weight is 385 g/mol. The monoisotopic (exact) mass is 385 g/mol. The van der Waals surface area contributed by atoms with E-state index in [1.165, 1.54) is 6.92 Å². The van der Waals surface area contributed by atoms with E-state index in [2.05, 4.69) is 15.0 Å². The van der Waals surface area contributed by atoms with Crippen molar-refractivity contribution < 1.29 is 14.7 Å². The largest absolute Gasteiger partial charge is 0.494 e. The first-order valence-corrected chi connectivity index (χ1v) is 9.24. The molecule has 6 heteroatoms. The summed E-state index contributed by atoms with van der Waals surface area (Å²) in [6.45, 7) is 2.13. The first kappa shape index (κ1) is 18.6. The van der Waals surface area contributed by atoms with E-state index >= 15 is 0 Å². The van der Waals surface area contributed by atoms with Crippen LogP contribution in [0.5, 0.6) is 5.88 Å². The van der Waals surface area contributed by atoms with Gasteiger partial charge < -0.3 is 10.1 Å². The molecule has 1 aliphatic heterocycles. The lowest BCUT2D eigenvalue weighted by atomic mass is 9.98. The van der Waals surface area contributed by atoms with Gasteiger partial charge in [0.2, 0.25) is 0 Å². The Morgan fingerprint density at radius 1 is 1.21 bits per heavy atom. The van der Waals surface area contributed by atoms with Gasteiger partial charge in [-0.15, -0.1) is 0 Å². The van der Waals surface area contributed by atoms with Gasteiger partial charge in [-0.25, -0.2) is 4.99 Å². The topological polar surface area (TPSA) is 94.9 Å². The molecule has 0 fully saturated rings. The molecule has 2 heterocycles. The average Bonchev–Trinajstić information content (AvgIpc) is 3.32. The first-order valence-electron chi connectivity index (χ1n) is 9.24. The zero-order valence-electron chi connectivity index (χ0n) is 15.8. The maximum Gasteiger partial charge on any atom is 0.198 e. The number of aromatic amines is 1. The van der Waals surface area contributed by atoms with Gasteiger partial charge in [-0.1, -0.05) is 24.3 Å². The van der Waals surface area contributed by atoms with Crippen LogP contribution in [0.4, 0.5) is 0 Å². The quantitative estimate of drug-likeness (QED) is 0.519. The third-order valence-electron chi connectivity index (χ3n) is 4.67. The molecule has 1 aliphatic rings. The van der Waals surface area contributed by atoms with Crippen LogP contribution in [0.2, 0.25) is 0 Å². The molecule has 0 amide bonds. The lowest BCUT2D eigenvalue weighted by molar-refractivity contribution is -0.116. The summed E-state index contributed by atoms with van der Waals surface area (Å²) >= 11 is 0. The van der Waals surface area contributed by atoms with Crippen LogP contribution in [0, 0.1) is 0 Å². The van der Waals surface area contributed by atoms with E-state index in [-0.39, 0.29) is 17.4 Å². The number of carbonyl (C=O) groups excluding carboxylic acids is 2. The number of fused-ring (bicyclic) bond motifs is 1. The van der Waals surface area contributed by atoms with Crippen molar-refractivity contribution >= 4 is 34.5 Å². The molecule has 144 valence electrons. The van der Waals surface area contributed by atoms with Crippen LogP contribution in [0.3, 0.4) is 0 Å². The normalized spacial score (nSPS) is 13.3. The van der Waals surface area contributed by atoms with Gasteiger partial charge in [0.25, 0.3) is 0 Å². The third kappa shape index (κ3) is 3.91. The molecule has 0 atom stereocenters. The van der Waals surface area contributed by atoms with Crippen LogP contribution in [0.25, 0.3) is 10.9 Å². The van der Waals surface area contributed by atoms with Gasteiger partial charge in [-0.05, 0) is 42.8 Å². The number of ketones is 2. The minimum Gasteiger partial charge on any atom is -0.494 e. The molecule has 2 aromatic carbocycles. The first-order chi connectivity index (χ1) is 14.0. The van der Waals surface area contributed by atoms with Crippen LogP contribution in [0.15, 0.2) is 64.6 Å². The van der Waals surface area contributed by atoms with Crippen molar-refractivity contribution in [3.8, 4) is 5.88 Å². The number of hydrogen-bond donors (Lipinski definition) is 2. The fraction of sp³-hybridized carbons (Fsp3) is 0.130. The Morgan fingerprint density at radius 3 is 2.79 bits per heavy atom. The van der Waals surface area contributed by atoms with Crippen molar-refractivity contribution in [2.75, 3.05) is 6.54 Å². The molecule has 4 rings (SSSR count). The van der Waals surface area contributed by atoms with E-state index in [0.717, 1.165) is 5.56 Å². The Morgan fingerprint density at radius 2 is 2.03 bits per heavy atom. The molecule has 0 bridgehead atoms. The summed E-state index contributed by atoms with van der Waals surface area (Å²) in [4.78, 5) is 35.7. The minimum atomic E-state index is -0.149. The maximum atomic E-state index is 13.0. The van der Waals surface area contributed by atoms with E-state index < -0.39 is 0 Å². The highest BCUT2D eigenvalue weighted by molar-refractivity contribution is 6.13. The number of carbonyl (C=O) groups is 2. The standard InChI is InChI=1S/C23H19N3O3/c1-14(27)10-15-4-2-5-16(11-15)22(28)17-7-8-20-18(12-17)19(23(29)26-20)13-25-21-6-3-9-24-21/h2-8,11-13,26,29H,9-10H2,1H3. The highest BCUT2D eigenvalue weighted by Crippen LogP contribution is 2.27. The van der Waals surface area contributed by atoms with Crippen LogP contribution < -0.4 is 0 Å². The van der Waals surface area contributed by atoms with Crippen molar-refractivity contribution in [2.45, 2.75) is 13.3 Å². The summed E-state index contributed by atoms with van der Waals surface area (Å²) < 4.78 is 0. The summed E-state index contributed by atoms with van der Waals surface area (Å²) in [5.41, 5.74) is 3.02. The van der Waals surface area contributed by atoms with E-state index in [9.17, 15) is 14.7 Å². The molecule has 0 unspecified atom stereocenters. The number of nitrogens with one attached hydrogen (secondary N) is 1. The molecule has 0 aliphatic carbocycles. The number of benzene rings is 2. The van der Waals surface area contributed by atoms with Crippen LogP contribution in [-0.4, -0.2) is 40.3 Å². The number of amidine groups is 1. The molecular formula is C23H19N3O3. The second-order valence-electron chi connectivity index (χ2n) is 6.92. The number of aromatic nitrogens is 1. The van der Waals surface area contributed by atoms with Gasteiger partial charge in [-0.3, -0.25) is 14.6 Å². The lowest BCUT2D eigenvalue weighted by Gasteiger charge is -2.05. The SMILES string of the molecule is CC(=O)Cc1cccc(C(=O)c2ccc3[nH]c(O)c(C=NC4=NCC=C4)c3c2)c1. The molecule has 29 heavy (non-hydrogen) atoms. The van der Waals surface area contributed by atoms with Gasteiger partial charge in [0.15, 0.2) is 11.7 Å². The highest BCUT2D eigenvalue weighted by atomic mass is 16.3. The van der Waals surface area contributed by atoms with Crippen LogP contribution in [-0.2, 0) is 11.2 Å². The minimum absolute atomic E-state index is 0.0145. The van der Waals surface area contributed by atoms with E-state index in [0.29, 0.717) is 46.4 Å². The molecule has 1 aromatic heterocycles. The fourth-order valence-electron chi connectivity index (χ4n) is 3.32. The molecule has 0 radical (unpaired) electrons. The molecule has 0 spiro atoms. The Hall–Kier alpha value is -3.80. The second kappa shape index (κ2) is 7.67. The summed E-state index contributed by atoms with van der Waals surface area (Å²) in [5, 5.41) is 10.9. The second-order valence-corrected chi connectivity index (χ2v) is 6.92. The number of H-pyrrole nitrogens is 1. The Labute approximate surface area is 167 Å². The van der Waals surface area contributed by atoms with Crippen molar-refractivity contribution in [3.05, 3.63) is 76.9 Å². The van der Waals surface area contributed by atoms with Gasteiger partial charge in [0, 0.05) is 34.7 Å². The maximum absolute atomic E-state index is 13.0. The number of rotatable bonds is 5. The lowest BCUT2D eigenvalue weighted by Crippen LogP contribution is -2.03. The number of aromatic hydroxyl groups is 1. The van der Waals surface area contributed by atoms with Crippen molar-refractivity contribution in [2.24, 2.45) is 9.98 Å². The predicted octanol–water partition coefficient (Wildman–Crippen LogP) is 3.62.